The molecule has 0 aromatic rings. The molecule has 0 bridgehead atoms. The molecule has 0 aromatic carbocycles. The van der Waals surface area contributed by atoms with Gasteiger partial charge in [-0.2, -0.15) is 0 Å². The Balaban J connectivity index is 0.000000494. The molecule has 1 heteroatoms. The largest absolute Gasteiger partial charge is 0.386 e. The Hall–Kier alpha value is -0.560. The minimum atomic E-state index is -0.545. The lowest BCUT2D eigenvalue weighted by atomic mass is 9.81. The van der Waals surface area contributed by atoms with E-state index < -0.39 is 5.60 Å². The molecule has 106 valence electrons. The van der Waals surface area contributed by atoms with E-state index in [9.17, 15) is 5.11 Å². The average Bonchev–Trinajstić information content (AvgIpc) is 2.32. The van der Waals surface area contributed by atoms with Crippen molar-refractivity contribution >= 4 is 0 Å². The number of hydrogen-bond donors (Lipinski definition) is 1. The molecule has 0 aliphatic heterocycles. The molecule has 1 saturated carbocycles. The Morgan fingerprint density at radius 3 is 2.33 bits per heavy atom. The molecule has 1 aliphatic rings. The maximum atomic E-state index is 10.0. The lowest BCUT2D eigenvalue weighted by Gasteiger charge is -2.31. The molecule has 0 heterocycles. The van der Waals surface area contributed by atoms with Crippen LogP contribution in [0.3, 0.4) is 0 Å². The van der Waals surface area contributed by atoms with Crippen LogP contribution in [-0.4, -0.2) is 10.7 Å². The summed E-state index contributed by atoms with van der Waals surface area (Å²) in [4.78, 5) is 0. The summed E-state index contributed by atoms with van der Waals surface area (Å²) in [5, 5.41) is 10.0. The third kappa shape index (κ3) is 7.71. The summed E-state index contributed by atoms with van der Waals surface area (Å²) in [6, 6.07) is 0. The second-order valence-electron chi connectivity index (χ2n) is 5.81. The molecule has 1 nitrogen and oxygen atoms in total. The number of hydrogen-bond acceptors (Lipinski definition) is 1. The van der Waals surface area contributed by atoms with Gasteiger partial charge in [0, 0.05) is 0 Å². The maximum absolute atomic E-state index is 10.0. The zero-order valence-electron chi connectivity index (χ0n) is 13.0. The van der Waals surface area contributed by atoms with Gasteiger partial charge < -0.3 is 5.11 Å². The van der Waals surface area contributed by atoms with Crippen molar-refractivity contribution in [1.29, 1.82) is 0 Å². The Morgan fingerprint density at radius 1 is 1.28 bits per heavy atom. The second-order valence-corrected chi connectivity index (χ2v) is 5.81. The molecule has 1 N–H and O–H groups in total. The normalized spacial score (nSPS) is 26.5. The van der Waals surface area contributed by atoms with Crippen LogP contribution < -0.4 is 0 Å². The minimum absolute atomic E-state index is 0.545. The van der Waals surface area contributed by atoms with E-state index in [2.05, 4.69) is 45.9 Å². The fourth-order valence-electron chi connectivity index (χ4n) is 1.80. The lowest BCUT2D eigenvalue weighted by Crippen LogP contribution is -2.29. The van der Waals surface area contributed by atoms with Crippen LogP contribution in [0.4, 0.5) is 0 Å². The highest BCUT2D eigenvalue weighted by Crippen LogP contribution is 2.32. The molecule has 18 heavy (non-hydrogen) atoms. The van der Waals surface area contributed by atoms with E-state index in [4.69, 9.17) is 0 Å². The highest BCUT2D eigenvalue weighted by atomic mass is 16.3. The van der Waals surface area contributed by atoms with E-state index in [1.807, 2.05) is 6.92 Å². The number of aliphatic hydroxyl groups is 1. The van der Waals surface area contributed by atoms with Gasteiger partial charge in [-0.3, -0.25) is 0 Å². The molecule has 0 spiro atoms. The molecule has 1 atom stereocenters. The van der Waals surface area contributed by atoms with Crippen molar-refractivity contribution in [3.8, 4) is 0 Å². The first kappa shape index (κ1) is 17.4. The van der Waals surface area contributed by atoms with Crippen molar-refractivity contribution in [2.75, 3.05) is 0 Å². The van der Waals surface area contributed by atoms with Crippen LogP contribution in [0.1, 0.15) is 73.1 Å². The van der Waals surface area contributed by atoms with Gasteiger partial charge in [0.15, 0.2) is 0 Å². The zero-order chi connectivity index (χ0) is 14.0. The first-order valence-electron chi connectivity index (χ1n) is 7.52. The average molecular weight is 252 g/mol. The van der Waals surface area contributed by atoms with Crippen LogP contribution >= 0.6 is 0 Å². The monoisotopic (exact) mass is 252 g/mol. The fourth-order valence-corrected chi connectivity index (χ4v) is 1.80. The van der Waals surface area contributed by atoms with Gasteiger partial charge in [0.25, 0.3) is 0 Å². The fraction of sp³-hybridized carbons (Fsp3) is 0.765. The van der Waals surface area contributed by atoms with E-state index in [0.717, 1.165) is 31.6 Å². The summed E-state index contributed by atoms with van der Waals surface area (Å²) in [7, 11) is 0. The Labute approximate surface area is 114 Å². The van der Waals surface area contributed by atoms with E-state index in [1.54, 1.807) is 0 Å². The molecule has 0 radical (unpaired) electrons. The summed E-state index contributed by atoms with van der Waals surface area (Å²) < 4.78 is 0. The molecule has 1 rings (SSSR count). The predicted molar refractivity (Wildman–Crippen MR) is 81.7 cm³/mol. The standard InChI is InChI=1S/C12H20O.C5H12/c1-3-4-5-8-11-9-6-7-10-12(11,2)13;1-4-5(2)3/h4-5,8,13H,3,6-7,9-10H2,1-2H3;5H,4H2,1-3H3/b5-4+,11-8-;/t12-;/m1./s1. The molecule has 0 unspecified atom stereocenters. The van der Waals surface area contributed by atoms with Gasteiger partial charge in [0.2, 0.25) is 0 Å². The van der Waals surface area contributed by atoms with Crippen LogP contribution in [0.5, 0.6) is 0 Å². The summed E-state index contributed by atoms with van der Waals surface area (Å²) in [5.41, 5.74) is 0.652. The van der Waals surface area contributed by atoms with Crippen molar-refractivity contribution in [1.82, 2.24) is 0 Å². The van der Waals surface area contributed by atoms with Crippen LogP contribution in [0.2, 0.25) is 0 Å². The lowest BCUT2D eigenvalue weighted by molar-refractivity contribution is 0.0709. The summed E-state index contributed by atoms with van der Waals surface area (Å²) >= 11 is 0. The molecular formula is C17H32O. The Kier molecular flexibility index (Phi) is 9.09. The number of rotatable bonds is 3. The summed E-state index contributed by atoms with van der Waals surface area (Å²) in [6.45, 7) is 10.7. The van der Waals surface area contributed by atoms with Crippen molar-refractivity contribution in [3.05, 3.63) is 23.8 Å². The third-order valence-corrected chi connectivity index (χ3v) is 3.54. The van der Waals surface area contributed by atoms with Gasteiger partial charge in [-0.25, -0.2) is 0 Å². The topological polar surface area (TPSA) is 20.2 Å². The zero-order valence-corrected chi connectivity index (χ0v) is 13.0. The van der Waals surface area contributed by atoms with Crippen molar-refractivity contribution in [2.45, 2.75) is 78.7 Å². The first-order valence-corrected chi connectivity index (χ1v) is 7.52. The van der Waals surface area contributed by atoms with E-state index in [0.29, 0.717) is 0 Å². The second kappa shape index (κ2) is 9.38. The quantitative estimate of drug-likeness (QED) is 0.726. The molecular weight excluding hydrogens is 220 g/mol. The molecule has 1 aliphatic carbocycles. The summed E-state index contributed by atoms with van der Waals surface area (Å²) in [5.74, 6) is 0.884. The van der Waals surface area contributed by atoms with Crippen LogP contribution in [0.25, 0.3) is 0 Å². The van der Waals surface area contributed by atoms with Gasteiger partial charge in [0.05, 0.1) is 5.60 Å². The van der Waals surface area contributed by atoms with Crippen molar-refractivity contribution in [2.24, 2.45) is 5.92 Å². The van der Waals surface area contributed by atoms with Crippen LogP contribution in [0, 0.1) is 5.92 Å². The first-order chi connectivity index (χ1) is 8.44. The maximum Gasteiger partial charge on any atom is 0.0831 e. The SMILES string of the molecule is CC/C=C/C=C1/CCCC[C@@]1(C)O.CCC(C)C. The van der Waals surface area contributed by atoms with Crippen molar-refractivity contribution in [3.63, 3.8) is 0 Å². The van der Waals surface area contributed by atoms with Gasteiger partial charge >= 0.3 is 0 Å². The van der Waals surface area contributed by atoms with Crippen LogP contribution in [0.15, 0.2) is 23.8 Å². The van der Waals surface area contributed by atoms with Gasteiger partial charge in [-0.15, -0.1) is 0 Å². The summed E-state index contributed by atoms with van der Waals surface area (Å²) in [6.07, 6.45) is 13.0. The van der Waals surface area contributed by atoms with Gasteiger partial charge in [-0.05, 0) is 50.5 Å². The van der Waals surface area contributed by atoms with E-state index in [1.165, 1.54) is 18.4 Å². The van der Waals surface area contributed by atoms with Gasteiger partial charge in [0.1, 0.15) is 0 Å². The predicted octanol–water partition coefficient (Wildman–Crippen LogP) is 5.26. The van der Waals surface area contributed by atoms with Crippen molar-refractivity contribution < 1.29 is 5.11 Å². The minimum Gasteiger partial charge on any atom is -0.386 e. The van der Waals surface area contributed by atoms with Crippen LogP contribution in [-0.2, 0) is 0 Å². The molecule has 0 aromatic heterocycles. The van der Waals surface area contributed by atoms with E-state index >= 15 is 0 Å². The van der Waals surface area contributed by atoms with E-state index in [-0.39, 0.29) is 0 Å². The highest BCUT2D eigenvalue weighted by Gasteiger charge is 2.27. The Bertz CT molecular complexity index is 259. The molecule has 1 fully saturated rings. The highest BCUT2D eigenvalue weighted by molar-refractivity contribution is 5.22. The third-order valence-electron chi connectivity index (χ3n) is 3.54. The molecule has 0 amide bonds. The van der Waals surface area contributed by atoms with Gasteiger partial charge in [-0.1, -0.05) is 52.3 Å². The smallest absolute Gasteiger partial charge is 0.0831 e. The number of allylic oxidation sites excluding steroid dienone is 3. The molecule has 0 saturated heterocycles. The Morgan fingerprint density at radius 2 is 1.89 bits per heavy atom.